The molecule has 0 spiro atoms. The van der Waals surface area contributed by atoms with E-state index in [1.807, 2.05) is 30.3 Å². The first-order valence-electron chi connectivity index (χ1n) is 6.85. The zero-order valence-electron chi connectivity index (χ0n) is 12.2. The number of amides is 1. The van der Waals surface area contributed by atoms with Gasteiger partial charge in [0.25, 0.3) is 5.69 Å². The molecule has 0 aliphatic carbocycles. The van der Waals surface area contributed by atoms with E-state index in [1.54, 1.807) is 11.5 Å². The molecule has 0 saturated carbocycles. The smallest absolute Gasteiger partial charge is 0.280 e. The first-order chi connectivity index (χ1) is 11.6. The lowest BCUT2D eigenvalue weighted by molar-refractivity contribution is -0.384. The summed E-state index contributed by atoms with van der Waals surface area (Å²) in [4.78, 5) is 27.2. The Morgan fingerprint density at radius 2 is 2.00 bits per heavy atom. The monoisotopic (exact) mass is 357 g/mol. The standard InChI is InChI=1S/C16H11N3O3S2/c20-15(7-6-11-4-2-1-3-5-11)18-16-17-13(10-24-16)14-8-12(9-23-14)19(21)22/h1-10H,(H,17,18,20). The van der Waals surface area contributed by atoms with Gasteiger partial charge in [0.15, 0.2) is 5.13 Å². The maximum Gasteiger partial charge on any atom is 0.280 e. The molecular formula is C16H11N3O3S2. The van der Waals surface area contributed by atoms with Crippen molar-refractivity contribution in [2.45, 2.75) is 0 Å². The number of thiophene rings is 1. The lowest BCUT2D eigenvalue weighted by Crippen LogP contribution is -2.07. The molecule has 8 heteroatoms. The largest absolute Gasteiger partial charge is 0.298 e. The molecule has 3 aromatic rings. The van der Waals surface area contributed by atoms with Gasteiger partial charge in [0.05, 0.1) is 20.9 Å². The van der Waals surface area contributed by atoms with Crippen molar-refractivity contribution in [3.8, 4) is 10.6 Å². The second kappa shape index (κ2) is 7.16. The van der Waals surface area contributed by atoms with E-state index in [-0.39, 0.29) is 11.6 Å². The number of nitrogens with zero attached hydrogens (tertiary/aromatic N) is 2. The number of thiazole rings is 1. The quantitative estimate of drug-likeness (QED) is 0.416. The zero-order valence-corrected chi connectivity index (χ0v) is 13.8. The third kappa shape index (κ3) is 3.92. The summed E-state index contributed by atoms with van der Waals surface area (Å²) < 4.78 is 0. The highest BCUT2D eigenvalue weighted by Crippen LogP contribution is 2.32. The first-order valence-corrected chi connectivity index (χ1v) is 8.61. The number of nitrogens with one attached hydrogen (secondary N) is 1. The summed E-state index contributed by atoms with van der Waals surface area (Å²) in [5.41, 5.74) is 1.58. The average molecular weight is 357 g/mol. The van der Waals surface area contributed by atoms with Gasteiger partial charge >= 0.3 is 0 Å². The maximum absolute atomic E-state index is 11.9. The summed E-state index contributed by atoms with van der Waals surface area (Å²) in [5.74, 6) is -0.281. The highest BCUT2D eigenvalue weighted by Gasteiger charge is 2.13. The minimum absolute atomic E-state index is 0.0411. The van der Waals surface area contributed by atoms with E-state index in [0.717, 1.165) is 5.56 Å². The van der Waals surface area contributed by atoms with Crippen LogP contribution in [0.1, 0.15) is 5.56 Å². The molecular weight excluding hydrogens is 346 g/mol. The van der Waals surface area contributed by atoms with Crippen LogP contribution >= 0.6 is 22.7 Å². The molecule has 0 atom stereocenters. The molecule has 24 heavy (non-hydrogen) atoms. The van der Waals surface area contributed by atoms with Crippen molar-refractivity contribution in [2.24, 2.45) is 0 Å². The number of carbonyl (C=O) groups is 1. The third-order valence-electron chi connectivity index (χ3n) is 3.01. The molecule has 0 aliphatic heterocycles. The fraction of sp³-hybridized carbons (Fsp3) is 0. The topological polar surface area (TPSA) is 85.1 Å². The predicted molar refractivity (Wildman–Crippen MR) is 96.2 cm³/mol. The summed E-state index contributed by atoms with van der Waals surface area (Å²) in [6.45, 7) is 0. The van der Waals surface area contributed by atoms with Crippen LogP contribution in [0.5, 0.6) is 0 Å². The van der Waals surface area contributed by atoms with Crippen molar-refractivity contribution < 1.29 is 9.72 Å². The van der Waals surface area contributed by atoms with Crippen LogP contribution in [-0.2, 0) is 4.79 Å². The SMILES string of the molecule is O=C(C=Cc1ccccc1)Nc1nc(-c2cc([N+](=O)[O-])cs2)cs1. The summed E-state index contributed by atoms with van der Waals surface area (Å²) in [6, 6.07) is 11.0. The van der Waals surface area contributed by atoms with Gasteiger partial charge in [-0.05, 0) is 11.6 Å². The molecule has 1 N–H and O–H groups in total. The molecule has 0 bridgehead atoms. The van der Waals surface area contributed by atoms with E-state index >= 15 is 0 Å². The fourth-order valence-corrected chi connectivity index (χ4v) is 3.49. The van der Waals surface area contributed by atoms with Gasteiger partial charge in [0.1, 0.15) is 0 Å². The van der Waals surface area contributed by atoms with Crippen molar-refractivity contribution >= 4 is 45.5 Å². The van der Waals surface area contributed by atoms with E-state index in [2.05, 4.69) is 10.3 Å². The first kappa shape index (κ1) is 16.0. The van der Waals surface area contributed by atoms with E-state index in [9.17, 15) is 14.9 Å². The summed E-state index contributed by atoms with van der Waals surface area (Å²) in [7, 11) is 0. The van der Waals surface area contributed by atoms with Gasteiger partial charge in [0, 0.05) is 17.5 Å². The van der Waals surface area contributed by atoms with Crippen LogP contribution in [0.15, 0.2) is 53.2 Å². The molecule has 0 saturated heterocycles. The third-order valence-corrected chi connectivity index (χ3v) is 4.71. The number of rotatable bonds is 5. The van der Waals surface area contributed by atoms with Crippen LogP contribution in [0.2, 0.25) is 0 Å². The zero-order chi connectivity index (χ0) is 16.9. The van der Waals surface area contributed by atoms with Crippen molar-refractivity contribution in [2.75, 3.05) is 5.32 Å². The van der Waals surface area contributed by atoms with Crippen LogP contribution < -0.4 is 5.32 Å². The molecule has 3 rings (SSSR count). The number of anilines is 1. The summed E-state index contributed by atoms with van der Waals surface area (Å²) in [6.07, 6.45) is 3.15. The van der Waals surface area contributed by atoms with Gasteiger partial charge < -0.3 is 0 Å². The number of carbonyl (C=O) groups excluding carboxylic acids is 1. The fourth-order valence-electron chi connectivity index (χ4n) is 1.88. The number of benzene rings is 1. The molecule has 2 heterocycles. The summed E-state index contributed by atoms with van der Waals surface area (Å²) >= 11 is 2.52. The highest BCUT2D eigenvalue weighted by molar-refractivity contribution is 7.16. The molecule has 1 aromatic carbocycles. The Bertz CT molecular complexity index is 900. The van der Waals surface area contributed by atoms with E-state index in [1.165, 1.54) is 40.2 Å². The van der Waals surface area contributed by atoms with Crippen LogP contribution in [0.3, 0.4) is 0 Å². The molecule has 2 aromatic heterocycles. The second-order valence-electron chi connectivity index (χ2n) is 4.70. The molecule has 0 unspecified atom stereocenters. The van der Waals surface area contributed by atoms with Crippen LogP contribution in [0.25, 0.3) is 16.6 Å². The molecule has 6 nitrogen and oxygen atoms in total. The molecule has 120 valence electrons. The highest BCUT2D eigenvalue weighted by atomic mass is 32.1. The summed E-state index contributed by atoms with van der Waals surface area (Å²) in [5, 5.41) is 17.1. The maximum atomic E-state index is 11.9. The van der Waals surface area contributed by atoms with Gasteiger partial charge in [-0.15, -0.1) is 22.7 Å². The lowest BCUT2D eigenvalue weighted by Gasteiger charge is -1.96. The van der Waals surface area contributed by atoms with Crippen LogP contribution in [0, 0.1) is 10.1 Å². The van der Waals surface area contributed by atoms with Crippen molar-refractivity contribution in [3.05, 3.63) is 68.9 Å². The normalized spacial score (nSPS) is 10.8. The predicted octanol–water partition coefficient (Wildman–Crippen LogP) is 4.43. The van der Waals surface area contributed by atoms with Gasteiger partial charge in [0.2, 0.25) is 5.91 Å². The Hall–Kier alpha value is -2.84. The number of hydrogen-bond donors (Lipinski definition) is 1. The van der Waals surface area contributed by atoms with Gasteiger partial charge in [-0.25, -0.2) is 4.98 Å². The van der Waals surface area contributed by atoms with E-state index < -0.39 is 4.92 Å². The van der Waals surface area contributed by atoms with Crippen molar-refractivity contribution in [1.29, 1.82) is 0 Å². The van der Waals surface area contributed by atoms with E-state index in [0.29, 0.717) is 15.7 Å². The van der Waals surface area contributed by atoms with Crippen LogP contribution in [-0.4, -0.2) is 15.8 Å². The Balaban J connectivity index is 1.66. The minimum atomic E-state index is -0.441. The van der Waals surface area contributed by atoms with Crippen LogP contribution in [0.4, 0.5) is 10.8 Å². The average Bonchev–Trinajstić information content (AvgIpc) is 3.23. The molecule has 0 radical (unpaired) electrons. The number of aromatic nitrogens is 1. The molecule has 0 aliphatic rings. The lowest BCUT2D eigenvalue weighted by atomic mass is 10.2. The van der Waals surface area contributed by atoms with Gasteiger partial charge in [-0.2, -0.15) is 0 Å². The molecule has 1 amide bonds. The van der Waals surface area contributed by atoms with Crippen molar-refractivity contribution in [1.82, 2.24) is 4.98 Å². The Morgan fingerprint density at radius 1 is 1.21 bits per heavy atom. The van der Waals surface area contributed by atoms with Gasteiger partial charge in [-0.1, -0.05) is 30.3 Å². The Kier molecular flexibility index (Phi) is 4.78. The van der Waals surface area contributed by atoms with Gasteiger partial charge in [-0.3, -0.25) is 20.2 Å². The number of nitro groups is 1. The number of hydrogen-bond acceptors (Lipinski definition) is 6. The van der Waals surface area contributed by atoms with Crippen molar-refractivity contribution in [3.63, 3.8) is 0 Å². The molecule has 0 fully saturated rings. The Morgan fingerprint density at radius 3 is 2.71 bits per heavy atom. The Labute approximate surface area is 145 Å². The van der Waals surface area contributed by atoms with E-state index in [4.69, 9.17) is 0 Å². The minimum Gasteiger partial charge on any atom is -0.298 e. The second-order valence-corrected chi connectivity index (χ2v) is 6.47.